The van der Waals surface area contributed by atoms with Crippen LogP contribution in [0, 0.1) is 6.92 Å². The smallest absolute Gasteiger partial charge is 0.290 e. The fourth-order valence-corrected chi connectivity index (χ4v) is 3.07. The van der Waals surface area contributed by atoms with Crippen LogP contribution in [0.2, 0.25) is 0 Å². The lowest BCUT2D eigenvalue weighted by molar-refractivity contribution is 0.621. The Morgan fingerprint density at radius 1 is 1.00 bits per heavy atom. The van der Waals surface area contributed by atoms with E-state index in [0.29, 0.717) is 12.2 Å². The van der Waals surface area contributed by atoms with Crippen molar-refractivity contribution in [3.63, 3.8) is 0 Å². The molecule has 0 unspecified atom stereocenters. The Labute approximate surface area is 157 Å². The van der Waals surface area contributed by atoms with Gasteiger partial charge in [-0.1, -0.05) is 54.1 Å². The van der Waals surface area contributed by atoms with Gasteiger partial charge < -0.3 is 5.32 Å². The zero-order valence-corrected chi connectivity index (χ0v) is 15.3. The molecule has 2 aromatic carbocycles. The van der Waals surface area contributed by atoms with E-state index in [9.17, 15) is 4.79 Å². The average molecular weight is 356 g/mol. The van der Waals surface area contributed by atoms with Gasteiger partial charge in [-0.15, -0.1) is 0 Å². The highest BCUT2D eigenvalue weighted by Crippen LogP contribution is 2.25. The first-order valence-electron chi connectivity index (χ1n) is 8.94. The number of nitrogens with one attached hydrogen (secondary N) is 1. The van der Waals surface area contributed by atoms with Crippen molar-refractivity contribution in [3.05, 3.63) is 82.9 Å². The van der Waals surface area contributed by atoms with Crippen molar-refractivity contribution in [2.24, 2.45) is 0 Å². The van der Waals surface area contributed by atoms with Crippen LogP contribution in [0.4, 0.5) is 11.4 Å². The maximum absolute atomic E-state index is 12.8. The molecular weight excluding hydrogens is 336 g/mol. The number of aromatic nitrogens is 3. The Hall–Kier alpha value is -3.47. The highest BCUT2D eigenvalue weighted by molar-refractivity contribution is 5.94. The van der Waals surface area contributed by atoms with Gasteiger partial charge in [0.15, 0.2) is 0 Å². The summed E-state index contributed by atoms with van der Waals surface area (Å²) < 4.78 is 1.48. The fraction of sp³-hybridized carbons (Fsp3) is 0.136. The van der Waals surface area contributed by atoms with Gasteiger partial charge in [-0.25, -0.2) is 4.68 Å². The number of benzene rings is 2. The number of nitrogens with zero attached hydrogens (tertiary/aromatic N) is 3. The standard InChI is InChI=1S/C22H20N4O/c1-3-26-22(27)20(12-19(25-26)16-10-8-15(2)9-11-16)24-21-14-23-13-17-6-4-5-7-18(17)21/h4-14,24H,3H2,1-2H3. The van der Waals surface area contributed by atoms with Gasteiger partial charge in [-0.2, -0.15) is 5.10 Å². The van der Waals surface area contributed by atoms with Crippen molar-refractivity contribution in [1.82, 2.24) is 14.8 Å². The summed E-state index contributed by atoms with van der Waals surface area (Å²) in [6.45, 7) is 4.46. The molecule has 5 heteroatoms. The summed E-state index contributed by atoms with van der Waals surface area (Å²) in [4.78, 5) is 17.1. The lowest BCUT2D eigenvalue weighted by Gasteiger charge is -2.12. The quantitative estimate of drug-likeness (QED) is 0.584. The number of rotatable bonds is 4. The number of aryl methyl sites for hydroxylation is 2. The molecule has 0 radical (unpaired) electrons. The molecule has 0 aliphatic heterocycles. The van der Waals surface area contributed by atoms with Crippen molar-refractivity contribution < 1.29 is 0 Å². The van der Waals surface area contributed by atoms with Crippen LogP contribution in [-0.4, -0.2) is 14.8 Å². The van der Waals surface area contributed by atoms with Crippen LogP contribution in [-0.2, 0) is 6.54 Å². The second kappa shape index (κ2) is 7.03. The highest BCUT2D eigenvalue weighted by Gasteiger charge is 2.11. The van der Waals surface area contributed by atoms with E-state index >= 15 is 0 Å². The molecule has 2 heterocycles. The van der Waals surface area contributed by atoms with Crippen molar-refractivity contribution in [2.75, 3.05) is 5.32 Å². The second-order valence-corrected chi connectivity index (χ2v) is 6.46. The summed E-state index contributed by atoms with van der Waals surface area (Å²) in [7, 11) is 0. The average Bonchev–Trinajstić information content (AvgIpc) is 2.70. The van der Waals surface area contributed by atoms with E-state index in [1.54, 1.807) is 12.3 Å². The summed E-state index contributed by atoms with van der Waals surface area (Å²) >= 11 is 0. The van der Waals surface area contributed by atoms with Crippen LogP contribution >= 0.6 is 0 Å². The Morgan fingerprint density at radius 2 is 1.78 bits per heavy atom. The molecule has 0 bridgehead atoms. The first-order valence-corrected chi connectivity index (χ1v) is 8.94. The molecule has 1 N–H and O–H groups in total. The third-order valence-corrected chi connectivity index (χ3v) is 4.56. The molecule has 27 heavy (non-hydrogen) atoms. The minimum Gasteiger partial charge on any atom is -0.349 e. The molecule has 2 aromatic heterocycles. The van der Waals surface area contributed by atoms with Crippen molar-refractivity contribution >= 4 is 22.1 Å². The van der Waals surface area contributed by atoms with Gasteiger partial charge >= 0.3 is 0 Å². The van der Waals surface area contributed by atoms with Crippen molar-refractivity contribution in [1.29, 1.82) is 0 Å². The first-order chi connectivity index (χ1) is 13.2. The lowest BCUT2D eigenvalue weighted by atomic mass is 10.1. The third kappa shape index (κ3) is 3.31. The molecular formula is C22H20N4O. The van der Waals surface area contributed by atoms with Crippen molar-refractivity contribution in [2.45, 2.75) is 20.4 Å². The van der Waals surface area contributed by atoms with Gasteiger partial charge in [-0.05, 0) is 19.9 Å². The molecule has 4 rings (SSSR count). The summed E-state index contributed by atoms with van der Waals surface area (Å²) in [6.07, 6.45) is 3.55. The Kier molecular flexibility index (Phi) is 4.42. The number of hydrogen-bond acceptors (Lipinski definition) is 4. The van der Waals surface area contributed by atoms with Gasteiger partial charge in [-0.3, -0.25) is 9.78 Å². The maximum Gasteiger partial charge on any atom is 0.290 e. The van der Waals surface area contributed by atoms with E-state index in [1.165, 1.54) is 10.2 Å². The zero-order valence-electron chi connectivity index (χ0n) is 15.3. The summed E-state index contributed by atoms with van der Waals surface area (Å²) in [6, 6.07) is 17.9. The molecule has 0 amide bonds. The van der Waals surface area contributed by atoms with Gasteiger partial charge in [0, 0.05) is 29.1 Å². The first kappa shape index (κ1) is 17.0. The largest absolute Gasteiger partial charge is 0.349 e. The maximum atomic E-state index is 12.8. The monoisotopic (exact) mass is 356 g/mol. The number of fused-ring (bicyclic) bond motifs is 1. The summed E-state index contributed by atoms with van der Waals surface area (Å²) in [5.74, 6) is 0. The Bertz CT molecular complexity index is 1160. The van der Waals surface area contributed by atoms with E-state index < -0.39 is 0 Å². The lowest BCUT2D eigenvalue weighted by Crippen LogP contribution is -2.24. The van der Waals surface area contributed by atoms with Crippen LogP contribution in [0.3, 0.4) is 0 Å². The van der Waals surface area contributed by atoms with Crippen molar-refractivity contribution in [3.8, 4) is 11.3 Å². The molecule has 0 saturated carbocycles. The van der Waals surface area contributed by atoms with Crippen LogP contribution in [0.1, 0.15) is 12.5 Å². The fourth-order valence-electron chi connectivity index (χ4n) is 3.07. The third-order valence-electron chi connectivity index (χ3n) is 4.56. The Balaban J connectivity index is 1.83. The molecule has 0 aliphatic rings. The van der Waals surface area contributed by atoms with E-state index in [1.807, 2.05) is 68.6 Å². The predicted octanol–water partition coefficient (Wildman–Crippen LogP) is 4.53. The predicted molar refractivity (Wildman–Crippen MR) is 109 cm³/mol. The van der Waals surface area contributed by atoms with Gasteiger partial charge in [0.05, 0.1) is 17.6 Å². The molecule has 0 saturated heterocycles. The van der Waals surface area contributed by atoms with E-state index in [4.69, 9.17) is 0 Å². The van der Waals surface area contributed by atoms with Crippen LogP contribution in [0.25, 0.3) is 22.0 Å². The summed E-state index contributed by atoms with van der Waals surface area (Å²) in [5.41, 5.74) is 4.05. The second-order valence-electron chi connectivity index (χ2n) is 6.46. The molecule has 0 aliphatic carbocycles. The van der Waals surface area contributed by atoms with E-state index in [-0.39, 0.29) is 5.56 Å². The molecule has 0 spiro atoms. The minimum absolute atomic E-state index is 0.152. The number of pyridine rings is 1. The Morgan fingerprint density at radius 3 is 2.56 bits per heavy atom. The molecule has 4 aromatic rings. The minimum atomic E-state index is -0.152. The van der Waals surface area contributed by atoms with Crippen LogP contribution in [0.15, 0.2) is 71.8 Å². The number of hydrogen-bond donors (Lipinski definition) is 1. The number of anilines is 2. The molecule has 0 fully saturated rings. The topological polar surface area (TPSA) is 59.8 Å². The van der Waals surface area contributed by atoms with Gasteiger partial charge in [0.25, 0.3) is 5.56 Å². The zero-order chi connectivity index (χ0) is 18.8. The van der Waals surface area contributed by atoms with Crippen LogP contribution in [0.5, 0.6) is 0 Å². The summed E-state index contributed by atoms with van der Waals surface area (Å²) in [5, 5.41) is 9.82. The van der Waals surface area contributed by atoms with Gasteiger partial charge in [0.2, 0.25) is 0 Å². The van der Waals surface area contributed by atoms with E-state index in [2.05, 4.69) is 15.4 Å². The van der Waals surface area contributed by atoms with Crippen LogP contribution < -0.4 is 10.9 Å². The molecule has 134 valence electrons. The molecule has 5 nitrogen and oxygen atoms in total. The van der Waals surface area contributed by atoms with Gasteiger partial charge in [0.1, 0.15) is 5.69 Å². The van der Waals surface area contributed by atoms with E-state index in [0.717, 1.165) is 27.7 Å². The SMILES string of the molecule is CCn1nc(-c2ccc(C)cc2)cc(Nc2cncc3ccccc23)c1=O. The highest BCUT2D eigenvalue weighted by atomic mass is 16.1. The molecule has 0 atom stereocenters. The normalized spacial score (nSPS) is 10.9.